The summed E-state index contributed by atoms with van der Waals surface area (Å²) in [6.07, 6.45) is 0. The van der Waals surface area contributed by atoms with E-state index in [-0.39, 0.29) is 2.66 Å². The fourth-order valence-corrected chi connectivity index (χ4v) is 4.02. The van der Waals surface area contributed by atoms with Crippen LogP contribution in [0.15, 0.2) is 91.0 Å². The Hall–Kier alpha value is -1.38. The van der Waals surface area contributed by atoms with Crippen molar-refractivity contribution in [2.24, 2.45) is 0 Å². The summed E-state index contributed by atoms with van der Waals surface area (Å²) in [5.41, 5.74) is 4.14. The molecule has 3 rings (SSSR count). The van der Waals surface area contributed by atoms with Gasteiger partial charge in [-0.05, 0) is 13.8 Å². The van der Waals surface area contributed by atoms with Gasteiger partial charge in [0.05, 0.1) is 0 Å². The molecule has 124 valence electrons. The molecule has 2 heteroatoms. The molecule has 0 heterocycles. The molecule has 0 aromatic heterocycles. The molecule has 0 bridgehead atoms. The maximum absolute atomic E-state index is 4.83. The first kappa shape index (κ1) is 19.9. The molecule has 0 amide bonds. The van der Waals surface area contributed by atoms with Crippen molar-refractivity contribution in [3.63, 3.8) is 0 Å². The van der Waals surface area contributed by atoms with Gasteiger partial charge in [0.15, 0.2) is 0 Å². The van der Waals surface area contributed by atoms with Crippen molar-refractivity contribution >= 4 is 27.9 Å². The van der Waals surface area contributed by atoms with Gasteiger partial charge in [0.1, 0.15) is 0 Å². The molecule has 3 aromatic rings. The first-order chi connectivity index (χ1) is 12.2. The fourth-order valence-electron chi connectivity index (χ4n) is 3.02. The van der Waals surface area contributed by atoms with Crippen LogP contribution in [-0.2, 0) is 7.40 Å². The standard InChI is InChI=1S/C19H15.C4H10O.Na/c1-4-10-16(11-5-1)19(17-12-6-2-7-13-17)18-14-8-3-9-15-18;1-3-5-4-2;/h1-15H;3-4H2,1-2H3;. The Balaban J connectivity index is 0.000000399. The molecular weight excluding hydrogens is 315 g/mol. The van der Waals surface area contributed by atoms with Gasteiger partial charge in [0.25, 0.3) is 0 Å². The molecule has 1 nitrogen and oxygen atoms in total. The third-order valence-corrected chi connectivity index (χ3v) is 6.19. The first-order valence-electron chi connectivity index (χ1n) is 8.97. The van der Waals surface area contributed by atoms with Crippen LogP contribution in [0.4, 0.5) is 0 Å². The van der Waals surface area contributed by atoms with Crippen molar-refractivity contribution in [3.05, 3.63) is 108 Å². The minimum absolute atomic E-state index is 0.0176. The van der Waals surface area contributed by atoms with E-state index in [1.165, 1.54) is 16.7 Å². The van der Waals surface area contributed by atoms with E-state index < -0.39 is 0 Å². The average molecular weight is 340 g/mol. The van der Waals surface area contributed by atoms with E-state index in [4.69, 9.17) is 4.74 Å². The second-order valence-corrected chi connectivity index (χ2v) is 7.50. The van der Waals surface area contributed by atoms with Crippen molar-refractivity contribution in [2.75, 3.05) is 13.2 Å². The van der Waals surface area contributed by atoms with Gasteiger partial charge >= 0.3 is 138 Å². The van der Waals surface area contributed by atoms with E-state index in [1.54, 1.807) is 0 Å². The van der Waals surface area contributed by atoms with Crippen LogP contribution in [0, 0.1) is 0 Å². The number of benzene rings is 3. The summed E-state index contributed by atoms with van der Waals surface area (Å²) in [7, 11) is 0. The van der Waals surface area contributed by atoms with Gasteiger partial charge in [-0.1, -0.05) is 0 Å². The molecule has 0 aliphatic carbocycles. The van der Waals surface area contributed by atoms with Crippen molar-refractivity contribution in [3.8, 4) is 0 Å². The molecule has 0 fully saturated rings. The van der Waals surface area contributed by atoms with E-state index >= 15 is 0 Å². The van der Waals surface area contributed by atoms with Crippen LogP contribution >= 0.6 is 0 Å². The quantitative estimate of drug-likeness (QED) is 0.459. The summed E-state index contributed by atoms with van der Waals surface area (Å²) in [5, 5.41) is 0. The Morgan fingerprint density at radius 1 is 0.600 bits per heavy atom. The molecule has 25 heavy (non-hydrogen) atoms. The van der Waals surface area contributed by atoms with Crippen molar-refractivity contribution in [1.29, 1.82) is 0 Å². The van der Waals surface area contributed by atoms with Gasteiger partial charge in [-0.25, -0.2) is 0 Å². The molecule has 0 saturated heterocycles. The third kappa shape index (κ3) is 5.29. The second-order valence-electron chi connectivity index (χ2n) is 6.00. The van der Waals surface area contributed by atoms with Gasteiger partial charge in [-0.2, -0.15) is 0 Å². The van der Waals surface area contributed by atoms with Crippen LogP contribution in [-0.4, -0.2) is 41.1 Å². The van der Waals surface area contributed by atoms with Gasteiger partial charge < -0.3 is 4.74 Å². The summed E-state index contributed by atoms with van der Waals surface area (Å²) >= 11 is 1.03. The van der Waals surface area contributed by atoms with Crippen molar-refractivity contribution in [1.82, 2.24) is 0 Å². The van der Waals surface area contributed by atoms with Crippen LogP contribution in [0.25, 0.3) is 0 Å². The van der Waals surface area contributed by atoms with E-state index in [2.05, 4.69) is 91.0 Å². The summed E-state index contributed by atoms with van der Waals surface area (Å²) < 4.78 is 4.85. The number of ether oxygens (including phenoxy) is 1. The summed E-state index contributed by atoms with van der Waals surface area (Å²) in [5.74, 6) is 0. The minimum atomic E-state index is 0.0176. The SMILES string of the molecule is CCOCC.[Na][C](c1ccccc1)(c1ccccc1)c1ccccc1. The molecule has 0 unspecified atom stereocenters. The van der Waals surface area contributed by atoms with Crippen LogP contribution in [0.3, 0.4) is 0 Å². The molecule has 0 aliphatic heterocycles. The van der Waals surface area contributed by atoms with E-state index in [9.17, 15) is 0 Å². The monoisotopic (exact) mass is 340 g/mol. The Bertz CT molecular complexity index is 612. The number of hydrogen-bond acceptors (Lipinski definition) is 1. The number of hydrogen-bond donors (Lipinski definition) is 0. The van der Waals surface area contributed by atoms with E-state index in [0.717, 1.165) is 41.1 Å². The van der Waals surface area contributed by atoms with Gasteiger partial charge in [-0.15, -0.1) is 0 Å². The Morgan fingerprint density at radius 2 is 0.880 bits per heavy atom. The summed E-state index contributed by atoms with van der Waals surface area (Å²) in [6.45, 7) is 5.67. The van der Waals surface area contributed by atoms with Crippen molar-refractivity contribution in [2.45, 2.75) is 16.5 Å². The molecule has 0 atom stereocenters. The van der Waals surface area contributed by atoms with Gasteiger partial charge in [-0.3, -0.25) is 0 Å². The summed E-state index contributed by atoms with van der Waals surface area (Å²) in [4.78, 5) is 0. The molecule has 3 aromatic carbocycles. The van der Waals surface area contributed by atoms with Gasteiger partial charge in [0.2, 0.25) is 0 Å². The zero-order valence-corrected chi connectivity index (χ0v) is 17.5. The van der Waals surface area contributed by atoms with Crippen LogP contribution in [0.5, 0.6) is 0 Å². The van der Waals surface area contributed by atoms with Crippen molar-refractivity contribution < 1.29 is 4.74 Å². The molecular formula is C23H25NaO. The molecule has 0 radical (unpaired) electrons. The molecule has 0 saturated carbocycles. The number of rotatable bonds is 5. The summed E-state index contributed by atoms with van der Waals surface area (Å²) in [6, 6.07) is 32.5. The Kier molecular flexibility index (Phi) is 8.43. The zero-order valence-electron chi connectivity index (χ0n) is 15.5. The van der Waals surface area contributed by atoms with E-state index in [1.807, 2.05) is 13.8 Å². The first-order valence-corrected chi connectivity index (χ1v) is 9.97. The van der Waals surface area contributed by atoms with Gasteiger partial charge in [0, 0.05) is 13.2 Å². The van der Waals surface area contributed by atoms with Crippen LogP contribution < -0.4 is 0 Å². The molecule has 0 N–H and O–H groups in total. The third-order valence-electron chi connectivity index (χ3n) is 4.46. The normalized spacial score (nSPS) is 10.7. The van der Waals surface area contributed by atoms with Crippen LogP contribution in [0.2, 0.25) is 0 Å². The van der Waals surface area contributed by atoms with E-state index in [0.29, 0.717) is 0 Å². The zero-order chi connectivity index (χ0) is 18.0. The molecule has 0 spiro atoms. The second kappa shape index (κ2) is 10.6. The Morgan fingerprint density at radius 3 is 1.08 bits per heavy atom. The predicted molar refractivity (Wildman–Crippen MR) is 107 cm³/mol. The van der Waals surface area contributed by atoms with Crippen LogP contribution in [0.1, 0.15) is 30.5 Å². The predicted octanol–water partition coefficient (Wildman–Crippen LogP) is 5.19. The topological polar surface area (TPSA) is 9.23 Å². The average Bonchev–Trinajstić information content (AvgIpc) is 2.70. The Labute approximate surface area is 169 Å². The molecule has 0 aliphatic rings. The maximum atomic E-state index is 4.83. The fraction of sp³-hybridized carbons (Fsp3) is 0.217.